The summed E-state index contributed by atoms with van der Waals surface area (Å²) in [6.07, 6.45) is 0.737. The van der Waals surface area contributed by atoms with Crippen LogP contribution in [-0.2, 0) is 6.42 Å². The molecule has 0 saturated carbocycles. The quantitative estimate of drug-likeness (QED) is 0.396. The van der Waals surface area contributed by atoms with Gasteiger partial charge in [-0.2, -0.15) is 0 Å². The first-order valence-corrected chi connectivity index (χ1v) is 4.33. The summed E-state index contributed by atoms with van der Waals surface area (Å²) in [5.74, 6) is 0. The fourth-order valence-corrected chi connectivity index (χ4v) is 1.82. The Morgan fingerprint density at radius 3 is 3.09 bits per heavy atom. The molecule has 0 atom stereocenters. The second-order valence-electron chi connectivity index (χ2n) is 1.90. The lowest BCUT2D eigenvalue weighted by atomic mass is 10.3. The first kappa shape index (κ1) is 8.40. The van der Waals surface area contributed by atoms with Crippen LogP contribution in [0.3, 0.4) is 0 Å². The Hall–Kier alpha value is -0.700. The van der Waals surface area contributed by atoms with Crippen LogP contribution < -0.4 is 0 Å². The number of rotatable bonds is 3. The number of hydrogen-bond donors (Lipinski definition) is 0. The van der Waals surface area contributed by atoms with E-state index < -0.39 is 0 Å². The summed E-state index contributed by atoms with van der Waals surface area (Å²) in [5, 5.41) is 6.11. The monoisotopic (exact) mass is 187 g/mol. The van der Waals surface area contributed by atoms with E-state index in [1.54, 1.807) is 11.3 Å². The molecule has 0 unspecified atom stereocenters. The van der Waals surface area contributed by atoms with E-state index in [0.29, 0.717) is 6.54 Å². The fourth-order valence-electron chi connectivity index (χ4n) is 0.700. The largest absolute Gasteiger partial charge is 0.147 e. The molecule has 0 aliphatic rings. The van der Waals surface area contributed by atoms with Gasteiger partial charge in [-0.1, -0.05) is 16.7 Å². The van der Waals surface area contributed by atoms with Crippen LogP contribution in [0, 0.1) is 0 Å². The molecule has 1 heterocycles. The van der Waals surface area contributed by atoms with Crippen molar-refractivity contribution in [2.75, 3.05) is 6.54 Å². The van der Waals surface area contributed by atoms with Crippen LogP contribution in [0.2, 0.25) is 5.02 Å². The Bertz CT molecular complexity index is 277. The lowest BCUT2D eigenvalue weighted by molar-refractivity contribution is 0.974. The highest BCUT2D eigenvalue weighted by Gasteiger charge is 1.98. The van der Waals surface area contributed by atoms with Gasteiger partial charge in [0.1, 0.15) is 0 Å². The standard InChI is InChI=1S/C6H6ClN3S/c7-5-2-4-11-6(5)1-3-9-10-8/h2,4H,1,3H2. The van der Waals surface area contributed by atoms with Gasteiger partial charge in [-0.25, -0.2) is 0 Å². The second kappa shape index (κ2) is 4.23. The lowest BCUT2D eigenvalue weighted by Gasteiger charge is -1.90. The molecule has 0 spiro atoms. The Kier molecular flexibility index (Phi) is 3.23. The molecule has 0 aromatic carbocycles. The van der Waals surface area contributed by atoms with Crippen molar-refractivity contribution in [1.82, 2.24) is 0 Å². The maximum Gasteiger partial charge on any atom is 0.0544 e. The minimum absolute atomic E-state index is 0.483. The molecule has 3 nitrogen and oxygen atoms in total. The summed E-state index contributed by atoms with van der Waals surface area (Å²) >= 11 is 7.38. The third-order valence-corrected chi connectivity index (χ3v) is 2.64. The maximum atomic E-state index is 7.99. The third-order valence-electron chi connectivity index (χ3n) is 1.19. The minimum Gasteiger partial charge on any atom is -0.147 e. The van der Waals surface area contributed by atoms with Gasteiger partial charge in [0.05, 0.1) is 5.02 Å². The van der Waals surface area contributed by atoms with Crippen molar-refractivity contribution in [3.63, 3.8) is 0 Å². The molecule has 1 aromatic heterocycles. The summed E-state index contributed by atoms with van der Waals surface area (Å²) in [6.45, 7) is 0.483. The second-order valence-corrected chi connectivity index (χ2v) is 3.30. The number of azide groups is 1. The minimum atomic E-state index is 0.483. The first-order valence-electron chi connectivity index (χ1n) is 3.07. The average molecular weight is 188 g/mol. The molecule has 0 amide bonds. The van der Waals surface area contributed by atoms with Gasteiger partial charge in [-0.3, -0.25) is 0 Å². The summed E-state index contributed by atoms with van der Waals surface area (Å²) in [7, 11) is 0. The molecule has 0 aliphatic carbocycles. The zero-order valence-corrected chi connectivity index (χ0v) is 7.27. The summed E-state index contributed by atoms with van der Waals surface area (Å²) in [5.41, 5.74) is 7.99. The molecular formula is C6H6ClN3S. The number of hydrogen-bond acceptors (Lipinski definition) is 2. The van der Waals surface area contributed by atoms with E-state index in [0.717, 1.165) is 16.3 Å². The summed E-state index contributed by atoms with van der Waals surface area (Å²) in [6, 6.07) is 1.84. The van der Waals surface area contributed by atoms with Gasteiger partial charge in [0, 0.05) is 16.3 Å². The van der Waals surface area contributed by atoms with Crippen LogP contribution in [0.15, 0.2) is 16.6 Å². The topological polar surface area (TPSA) is 48.8 Å². The molecule has 0 aliphatic heterocycles. The van der Waals surface area contributed by atoms with Crippen molar-refractivity contribution >= 4 is 22.9 Å². The van der Waals surface area contributed by atoms with E-state index in [2.05, 4.69) is 10.0 Å². The lowest BCUT2D eigenvalue weighted by Crippen LogP contribution is -1.83. The Morgan fingerprint density at radius 1 is 1.73 bits per heavy atom. The number of thiophene rings is 1. The normalized spacial score (nSPS) is 9.18. The Labute approximate surface area is 73.2 Å². The zero-order chi connectivity index (χ0) is 8.10. The fraction of sp³-hybridized carbons (Fsp3) is 0.333. The van der Waals surface area contributed by atoms with Crippen LogP contribution in [0.4, 0.5) is 0 Å². The summed E-state index contributed by atoms with van der Waals surface area (Å²) in [4.78, 5) is 3.73. The highest BCUT2D eigenvalue weighted by Crippen LogP contribution is 2.22. The van der Waals surface area contributed by atoms with Gasteiger partial charge in [0.25, 0.3) is 0 Å². The van der Waals surface area contributed by atoms with Crippen molar-refractivity contribution in [1.29, 1.82) is 0 Å². The van der Waals surface area contributed by atoms with Crippen LogP contribution in [0.25, 0.3) is 10.4 Å². The van der Waals surface area contributed by atoms with Crippen molar-refractivity contribution in [2.45, 2.75) is 6.42 Å². The molecule has 0 N–H and O–H groups in total. The predicted molar refractivity (Wildman–Crippen MR) is 47.0 cm³/mol. The molecule has 58 valence electrons. The predicted octanol–water partition coefficient (Wildman–Crippen LogP) is 3.25. The smallest absolute Gasteiger partial charge is 0.0544 e. The van der Waals surface area contributed by atoms with Crippen LogP contribution in [0.1, 0.15) is 4.88 Å². The van der Waals surface area contributed by atoms with Crippen molar-refractivity contribution in [3.8, 4) is 0 Å². The van der Waals surface area contributed by atoms with Gasteiger partial charge < -0.3 is 0 Å². The van der Waals surface area contributed by atoms with Gasteiger partial charge in [-0.05, 0) is 23.4 Å². The molecule has 11 heavy (non-hydrogen) atoms. The van der Waals surface area contributed by atoms with E-state index in [4.69, 9.17) is 17.1 Å². The summed E-state index contributed by atoms with van der Waals surface area (Å²) < 4.78 is 0. The van der Waals surface area contributed by atoms with Crippen LogP contribution in [-0.4, -0.2) is 6.54 Å². The molecule has 5 heteroatoms. The molecule has 0 saturated heterocycles. The third kappa shape index (κ3) is 2.42. The molecule has 1 rings (SSSR count). The van der Waals surface area contributed by atoms with Crippen LogP contribution in [0.5, 0.6) is 0 Å². The Balaban J connectivity index is 2.50. The van der Waals surface area contributed by atoms with Gasteiger partial charge in [-0.15, -0.1) is 11.3 Å². The zero-order valence-electron chi connectivity index (χ0n) is 5.70. The molecule has 0 bridgehead atoms. The average Bonchev–Trinajstić information content (AvgIpc) is 2.37. The number of halogens is 1. The van der Waals surface area contributed by atoms with Crippen molar-refractivity contribution in [2.24, 2.45) is 5.11 Å². The van der Waals surface area contributed by atoms with E-state index >= 15 is 0 Å². The van der Waals surface area contributed by atoms with E-state index in [9.17, 15) is 0 Å². The van der Waals surface area contributed by atoms with E-state index in [-0.39, 0.29) is 0 Å². The van der Waals surface area contributed by atoms with Crippen molar-refractivity contribution in [3.05, 3.63) is 31.8 Å². The van der Waals surface area contributed by atoms with E-state index in [1.165, 1.54) is 0 Å². The molecule has 0 fully saturated rings. The highest BCUT2D eigenvalue weighted by atomic mass is 35.5. The van der Waals surface area contributed by atoms with Gasteiger partial charge in [0.15, 0.2) is 0 Å². The first-order chi connectivity index (χ1) is 5.34. The van der Waals surface area contributed by atoms with Crippen LogP contribution >= 0.6 is 22.9 Å². The van der Waals surface area contributed by atoms with Gasteiger partial charge in [0.2, 0.25) is 0 Å². The highest BCUT2D eigenvalue weighted by molar-refractivity contribution is 7.10. The number of nitrogens with zero attached hydrogens (tertiary/aromatic N) is 3. The molecule has 0 radical (unpaired) electrons. The maximum absolute atomic E-state index is 7.99. The van der Waals surface area contributed by atoms with E-state index in [1.807, 2.05) is 11.4 Å². The van der Waals surface area contributed by atoms with Gasteiger partial charge >= 0.3 is 0 Å². The molecule has 1 aromatic rings. The SMILES string of the molecule is [N-]=[N+]=NCCc1sccc1Cl. The Morgan fingerprint density at radius 2 is 2.55 bits per heavy atom. The van der Waals surface area contributed by atoms with Crippen molar-refractivity contribution < 1.29 is 0 Å². The molecular weight excluding hydrogens is 182 g/mol.